The number of benzene rings is 5. The van der Waals surface area contributed by atoms with E-state index in [1.54, 1.807) is 28.7 Å². The quantitative estimate of drug-likeness (QED) is 0.106. The third-order valence-electron chi connectivity index (χ3n) is 11.3. The fraction of sp³-hybridized carbons (Fsp3) is 0.275. The molecule has 9 heteroatoms. The molecule has 60 heavy (non-hydrogen) atoms. The predicted octanol–water partition coefficient (Wildman–Crippen LogP) is 13.2. The van der Waals surface area contributed by atoms with Crippen LogP contribution < -0.4 is 5.46 Å². The highest BCUT2D eigenvalue weighted by Crippen LogP contribution is 2.44. The summed E-state index contributed by atoms with van der Waals surface area (Å²) in [7, 11) is -1.42. The maximum atomic E-state index is 15.0. The highest BCUT2D eigenvalue weighted by Gasteiger charge is 2.58. The van der Waals surface area contributed by atoms with Crippen LogP contribution in [0.2, 0.25) is 0 Å². The lowest BCUT2D eigenvalue weighted by molar-refractivity contribution is -0.290. The number of rotatable bonds is 9. The van der Waals surface area contributed by atoms with Crippen LogP contribution in [0.5, 0.6) is 0 Å². The summed E-state index contributed by atoms with van der Waals surface area (Å²) in [5, 5.41) is 0. The van der Waals surface area contributed by atoms with Crippen molar-refractivity contribution in [2.45, 2.75) is 85.2 Å². The summed E-state index contributed by atoms with van der Waals surface area (Å²) in [4.78, 5) is 5.31. The Bertz CT molecular complexity index is 2570. The van der Waals surface area contributed by atoms with E-state index in [-0.39, 0.29) is 10.8 Å². The number of aryl methyl sites for hydroxylation is 2. The molecular weight excluding hydrogens is 762 g/mol. The maximum absolute atomic E-state index is 15.0. The molecule has 0 N–H and O–H groups in total. The van der Waals surface area contributed by atoms with Crippen LogP contribution in [0.1, 0.15) is 93.1 Å². The lowest BCUT2D eigenvalue weighted by Crippen LogP contribution is -2.48. The number of aliphatic imine (C=N–C) groups is 1. The van der Waals surface area contributed by atoms with Gasteiger partial charge in [-0.2, -0.15) is 22.0 Å². The lowest BCUT2D eigenvalue weighted by Gasteiger charge is -2.26. The first-order chi connectivity index (χ1) is 28.1. The summed E-state index contributed by atoms with van der Waals surface area (Å²) in [6.45, 7) is 16.7. The Balaban J connectivity index is 1.59. The number of alkyl halides is 5. The monoisotopic (exact) mass is 812 g/mol. The van der Waals surface area contributed by atoms with Gasteiger partial charge in [0.2, 0.25) is 0 Å². The Morgan fingerprint density at radius 1 is 0.600 bits per heavy atom. The van der Waals surface area contributed by atoms with Crippen molar-refractivity contribution in [1.82, 2.24) is 4.48 Å². The fourth-order valence-corrected chi connectivity index (χ4v) is 7.66. The van der Waals surface area contributed by atoms with E-state index in [2.05, 4.69) is 53.7 Å². The number of fused-ring (bicyclic) bond motifs is 1. The molecule has 2 heterocycles. The maximum Gasteiger partial charge on any atom is 0.456 e. The highest BCUT2D eigenvalue weighted by molar-refractivity contribution is 6.66. The van der Waals surface area contributed by atoms with Crippen LogP contribution in [0.3, 0.4) is 0 Å². The van der Waals surface area contributed by atoms with Crippen LogP contribution in [0.15, 0.2) is 132 Å². The molecule has 3 nitrogen and oxygen atoms in total. The van der Waals surface area contributed by atoms with Gasteiger partial charge in [0.05, 0.1) is 11.4 Å². The molecule has 0 saturated heterocycles. The van der Waals surface area contributed by atoms with Crippen LogP contribution in [0, 0.1) is 13.8 Å². The fourth-order valence-electron chi connectivity index (χ4n) is 7.66. The Morgan fingerprint density at radius 3 is 1.60 bits per heavy atom. The Morgan fingerprint density at radius 2 is 1.08 bits per heavy atom. The van der Waals surface area contributed by atoms with Gasteiger partial charge in [0, 0.05) is 33.6 Å². The number of hydrogen-bond acceptors (Lipinski definition) is 2. The molecule has 1 aliphatic heterocycles. The number of nitrogens with zero attached hydrogens (tertiary/aromatic N) is 2. The molecule has 0 bridgehead atoms. The van der Waals surface area contributed by atoms with E-state index >= 15 is 0 Å². The Labute approximate surface area is 350 Å². The number of allylic oxidation sites excluding steroid dienone is 1. The molecule has 0 radical (unpaired) electrons. The number of aromatic nitrogens is 1. The van der Waals surface area contributed by atoms with E-state index in [4.69, 9.17) is 9.65 Å². The summed E-state index contributed by atoms with van der Waals surface area (Å²) in [6.07, 6.45) is -5.82. The van der Waals surface area contributed by atoms with E-state index in [9.17, 15) is 22.0 Å². The molecule has 1 aromatic heterocycles. The summed E-state index contributed by atoms with van der Waals surface area (Å²) in [6, 6.07) is 41.4. The molecule has 0 unspecified atom stereocenters. The molecule has 308 valence electrons. The van der Waals surface area contributed by atoms with E-state index in [0.29, 0.717) is 28.1 Å². The van der Waals surface area contributed by atoms with Gasteiger partial charge in [-0.3, -0.25) is 0 Å². The molecule has 7 rings (SSSR count). The standard InChI is InChI=1S/C51H50BF5N2O/c1-32-14-18-37(19-15-32)46-42-13-11-10-12-41(42)45(58-46)34(3)47-43(35-20-24-38(25-21-35)48(4,5)6)30-44(36-22-26-39(27-23-36)49(7,8)9)59(47)52(40-28-16-33(2)17-29-40)60-31-50(53,54)51(55,56)57/h10-30H,31H2,1-9H3/b45-34-. The molecule has 0 fully saturated rings. The van der Waals surface area contributed by atoms with E-state index in [0.717, 1.165) is 61.3 Å². The van der Waals surface area contributed by atoms with Crippen LogP contribution in [0.25, 0.3) is 33.7 Å². The molecule has 0 saturated carbocycles. The van der Waals surface area contributed by atoms with Gasteiger partial charge in [0.25, 0.3) is 0 Å². The predicted molar refractivity (Wildman–Crippen MR) is 237 cm³/mol. The average molecular weight is 813 g/mol. The smallest absolute Gasteiger partial charge is 0.406 e. The molecule has 5 aromatic carbocycles. The molecule has 0 atom stereocenters. The normalized spacial score (nSPS) is 14.3. The van der Waals surface area contributed by atoms with Crippen molar-refractivity contribution in [3.63, 3.8) is 0 Å². The van der Waals surface area contributed by atoms with Crippen LogP contribution in [0.4, 0.5) is 22.0 Å². The van der Waals surface area contributed by atoms with Gasteiger partial charge in [-0.1, -0.05) is 174 Å². The zero-order valence-electron chi connectivity index (χ0n) is 35.6. The third-order valence-corrected chi connectivity index (χ3v) is 11.3. The molecular formula is C51H50BF5N2O. The van der Waals surface area contributed by atoms with Gasteiger partial charge in [-0.25, -0.2) is 4.99 Å². The SMILES string of the molecule is C/C(=C1/N=C(c2ccc(C)cc2)c2ccccc21)c1c(-c2ccc(C(C)(C)C)cc2)cc(-c2ccc(C(C)(C)C)cc2)n1B(OCC(F)(F)C(F)(F)F)c1ccc(C)cc1. The average Bonchev–Trinajstić information content (AvgIpc) is 3.78. The van der Waals surface area contributed by atoms with Crippen molar-refractivity contribution in [1.29, 1.82) is 0 Å². The van der Waals surface area contributed by atoms with Crippen molar-refractivity contribution < 1.29 is 26.6 Å². The second-order valence-corrected chi connectivity index (χ2v) is 17.9. The van der Waals surface area contributed by atoms with Crippen LogP contribution >= 0.6 is 0 Å². The molecule has 0 spiro atoms. The summed E-state index contributed by atoms with van der Waals surface area (Å²) in [5.74, 6) is -5.12. The Hall–Kier alpha value is -5.54. The van der Waals surface area contributed by atoms with Gasteiger partial charge in [-0.15, -0.1) is 0 Å². The zero-order valence-corrected chi connectivity index (χ0v) is 35.6. The van der Waals surface area contributed by atoms with Crippen LogP contribution in [-0.2, 0) is 15.5 Å². The van der Waals surface area contributed by atoms with Crippen molar-refractivity contribution in [3.05, 3.63) is 172 Å². The zero-order chi connectivity index (χ0) is 43.4. The lowest BCUT2D eigenvalue weighted by atomic mass is 9.71. The first kappa shape index (κ1) is 42.6. The van der Waals surface area contributed by atoms with Gasteiger partial charge in [0.15, 0.2) is 0 Å². The van der Waals surface area contributed by atoms with Crippen molar-refractivity contribution in [3.8, 4) is 22.4 Å². The molecule has 6 aromatic rings. The first-order valence-corrected chi connectivity index (χ1v) is 20.2. The summed E-state index contributed by atoms with van der Waals surface area (Å²) in [5.41, 5.74) is 12.7. The second kappa shape index (κ2) is 15.8. The van der Waals surface area contributed by atoms with Crippen LogP contribution in [-0.4, -0.2) is 35.9 Å². The highest BCUT2D eigenvalue weighted by atomic mass is 19.4. The molecule has 1 aliphatic rings. The minimum atomic E-state index is -5.82. The van der Waals surface area contributed by atoms with Gasteiger partial charge in [0.1, 0.15) is 6.61 Å². The van der Waals surface area contributed by atoms with E-state index < -0.39 is 25.8 Å². The summed E-state index contributed by atoms with van der Waals surface area (Å²) < 4.78 is 79.3. The topological polar surface area (TPSA) is 26.5 Å². The van der Waals surface area contributed by atoms with Crippen molar-refractivity contribution in [2.75, 3.05) is 6.61 Å². The van der Waals surface area contributed by atoms with Crippen molar-refractivity contribution >= 4 is 29.5 Å². The van der Waals surface area contributed by atoms with Gasteiger partial charge < -0.3 is 9.13 Å². The molecule has 0 amide bonds. The van der Waals surface area contributed by atoms with Gasteiger partial charge in [-0.05, 0) is 71.0 Å². The summed E-state index contributed by atoms with van der Waals surface area (Å²) >= 11 is 0. The number of halogens is 5. The van der Waals surface area contributed by atoms with Crippen molar-refractivity contribution in [2.24, 2.45) is 4.99 Å². The Kier molecular flexibility index (Phi) is 11.2. The third kappa shape index (κ3) is 8.42. The van der Waals surface area contributed by atoms with E-state index in [1.807, 2.05) is 112 Å². The van der Waals surface area contributed by atoms with Gasteiger partial charge >= 0.3 is 19.1 Å². The number of hydrogen-bond donors (Lipinski definition) is 0. The minimum absolute atomic E-state index is 0.131. The minimum Gasteiger partial charge on any atom is -0.406 e. The first-order valence-electron chi connectivity index (χ1n) is 20.2. The second-order valence-electron chi connectivity index (χ2n) is 17.9. The van der Waals surface area contributed by atoms with E-state index in [1.165, 1.54) is 0 Å². The largest absolute Gasteiger partial charge is 0.456 e. The molecule has 0 aliphatic carbocycles.